The number of nitrogens with zero attached hydrogens (tertiary/aromatic N) is 3. The summed E-state index contributed by atoms with van der Waals surface area (Å²) in [4.78, 5) is 14.0. The van der Waals surface area contributed by atoms with Crippen LogP contribution in [0.25, 0.3) is 0 Å². The maximum absolute atomic E-state index is 12.3. The van der Waals surface area contributed by atoms with Crippen molar-refractivity contribution < 1.29 is 4.79 Å². The molecule has 0 saturated heterocycles. The van der Waals surface area contributed by atoms with Crippen LogP contribution in [0.3, 0.4) is 0 Å². The Morgan fingerprint density at radius 1 is 1.30 bits per heavy atom. The Morgan fingerprint density at radius 2 is 1.95 bits per heavy atom. The predicted molar refractivity (Wildman–Crippen MR) is 79.5 cm³/mol. The molecule has 0 aliphatic carbocycles. The van der Waals surface area contributed by atoms with Crippen LogP contribution in [-0.4, -0.2) is 27.6 Å². The minimum atomic E-state index is 0.0316. The lowest BCUT2D eigenvalue weighted by Crippen LogP contribution is -2.26. The third kappa shape index (κ3) is 3.26. The highest BCUT2D eigenvalue weighted by Crippen LogP contribution is 2.16. The molecule has 0 unspecified atom stereocenters. The van der Waals surface area contributed by atoms with Crippen molar-refractivity contribution in [2.75, 3.05) is 7.05 Å². The van der Waals surface area contributed by atoms with Crippen LogP contribution in [0, 0.1) is 0 Å². The number of aryl methyl sites for hydroxylation is 1. The maximum atomic E-state index is 12.3. The Hall–Kier alpha value is -2.10. The van der Waals surface area contributed by atoms with E-state index in [1.807, 2.05) is 44.6 Å². The molecule has 0 bridgehead atoms. The van der Waals surface area contributed by atoms with Gasteiger partial charge in [-0.15, -0.1) is 0 Å². The maximum Gasteiger partial charge on any atom is 0.253 e. The van der Waals surface area contributed by atoms with Crippen molar-refractivity contribution in [2.24, 2.45) is 7.05 Å². The molecular weight excluding hydrogens is 250 g/mol. The van der Waals surface area contributed by atoms with Crippen LogP contribution in [0.5, 0.6) is 0 Å². The Morgan fingerprint density at radius 3 is 2.45 bits per heavy atom. The highest BCUT2D eigenvalue weighted by Gasteiger charge is 2.13. The van der Waals surface area contributed by atoms with Gasteiger partial charge in [0.05, 0.1) is 6.20 Å². The van der Waals surface area contributed by atoms with Gasteiger partial charge in [0.2, 0.25) is 0 Å². The fraction of sp³-hybridized carbons (Fsp3) is 0.375. The quantitative estimate of drug-likeness (QED) is 0.857. The number of hydrogen-bond acceptors (Lipinski definition) is 2. The van der Waals surface area contributed by atoms with E-state index in [2.05, 4.69) is 18.9 Å². The van der Waals surface area contributed by atoms with Gasteiger partial charge < -0.3 is 4.90 Å². The first kappa shape index (κ1) is 14.3. The molecule has 1 aromatic heterocycles. The summed E-state index contributed by atoms with van der Waals surface area (Å²) in [6.45, 7) is 4.86. The molecule has 20 heavy (non-hydrogen) atoms. The smallest absolute Gasteiger partial charge is 0.253 e. The van der Waals surface area contributed by atoms with E-state index in [1.165, 1.54) is 5.56 Å². The molecule has 4 heteroatoms. The second-order valence-corrected chi connectivity index (χ2v) is 5.46. The minimum absolute atomic E-state index is 0.0316. The number of carbonyl (C=O) groups is 1. The molecule has 1 amide bonds. The summed E-state index contributed by atoms with van der Waals surface area (Å²) < 4.78 is 1.74. The molecule has 1 heterocycles. The highest BCUT2D eigenvalue weighted by molar-refractivity contribution is 5.94. The largest absolute Gasteiger partial charge is 0.337 e. The monoisotopic (exact) mass is 271 g/mol. The Bertz CT molecular complexity index is 584. The lowest BCUT2D eigenvalue weighted by Gasteiger charge is -2.16. The van der Waals surface area contributed by atoms with Gasteiger partial charge in [-0.25, -0.2) is 0 Å². The molecular formula is C16H21N3O. The Balaban J connectivity index is 2.06. The second kappa shape index (κ2) is 5.90. The lowest BCUT2D eigenvalue weighted by molar-refractivity contribution is 0.0785. The summed E-state index contributed by atoms with van der Waals surface area (Å²) >= 11 is 0. The van der Waals surface area contributed by atoms with Crippen LogP contribution >= 0.6 is 0 Å². The van der Waals surface area contributed by atoms with E-state index < -0.39 is 0 Å². The number of carbonyl (C=O) groups excluding carboxylic acids is 1. The van der Waals surface area contributed by atoms with Crippen molar-refractivity contribution in [2.45, 2.75) is 26.3 Å². The second-order valence-electron chi connectivity index (χ2n) is 5.46. The van der Waals surface area contributed by atoms with Crippen molar-refractivity contribution in [3.05, 3.63) is 53.3 Å². The standard InChI is InChI=1S/C16H21N3O/c1-12(2)14-5-7-15(8-6-14)16(20)18(3)10-13-9-17-19(4)11-13/h5-9,11-12H,10H2,1-4H3. The normalized spacial score (nSPS) is 10.8. The topological polar surface area (TPSA) is 38.1 Å². The molecule has 106 valence electrons. The SMILES string of the molecule is CC(C)c1ccc(C(=O)N(C)Cc2cnn(C)c2)cc1. The molecule has 1 aromatic carbocycles. The van der Waals surface area contributed by atoms with Gasteiger partial charge in [0.15, 0.2) is 0 Å². The van der Waals surface area contributed by atoms with Gasteiger partial charge in [-0.05, 0) is 23.6 Å². The summed E-state index contributed by atoms with van der Waals surface area (Å²) in [5.74, 6) is 0.511. The van der Waals surface area contributed by atoms with Crippen LogP contribution in [0.4, 0.5) is 0 Å². The van der Waals surface area contributed by atoms with Gasteiger partial charge in [0.1, 0.15) is 0 Å². The van der Waals surface area contributed by atoms with E-state index in [9.17, 15) is 4.79 Å². The third-order valence-electron chi connectivity index (χ3n) is 3.35. The first-order valence-corrected chi connectivity index (χ1v) is 6.80. The van der Waals surface area contributed by atoms with E-state index in [4.69, 9.17) is 0 Å². The van der Waals surface area contributed by atoms with E-state index in [-0.39, 0.29) is 5.91 Å². The van der Waals surface area contributed by atoms with Gasteiger partial charge in [0.25, 0.3) is 5.91 Å². The molecule has 0 aliphatic rings. The van der Waals surface area contributed by atoms with E-state index in [0.29, 0.717) is 12.5 Å². The van der Waals surface area contributed by atoms with Crippen molar-refractivity contribution in [1.82, 2.24) is 14.7 Å². The van der Waals surface area contributed by atoms with Crippen LogP contribution in [-0.2, 0) is 13.6 Å². The molecule has 0 spiro atoms. The molecule has 0 fully saturated rings. The molecule has 0 atom stereocenters. The predicted octanol–water partition coefficient (Wildman–Crippen LogP) is 2.82. The molecule has 2 rings (SSSR count). The molecule has 0 N–H and O–H groups in total. The zero-order valence-corrected chi connectivity index (χ0v) is 12.5. The summed E-state index contributed by atoms with van der Waals surface area (Å²) in [6.07, 6.45) is 3.71. The van der Waals surface area contributed by atoms with Crippen molar-refractivity contribution in [1.29, 1.82) is 0 Å². The number of amides is 1. The zero-order valence-electron chi connectivity index (χ0n) is 12.5. The van der Waals surface area contributed by atoms with Crippen LogP contribution in [0.1, 0.15) is 41.3 Å². The van der Waals surface area contributed by atoms with Gasteiger partial charge >= 0.3 is 0 Å². The fourth-order valence-electron chi connectivity index (χ4n) is 2.13. The first-order valence-electron chi connectivity index (χ1n) is 6.80. The number of benzene rings is 1. The van der Waals surface area contributed by atoms with Crippen molar-refractivity contribution in [3.63, 3.8) is 0 Å². The average Bonchev–Trinajstić information content (AvgIpc) is 2.83. The van der Waals surface area contributed by atoms with Gasteiger partial charge in [-0.3, -0.25) is 9.48 Å². The third-order valence-corrected chi connectivity index (χ3v) is 3.35. The molecule has 0 saturated carbocycles. The number of aromatic nitrogens is 2. The van der Waals surface area contributed by atoms with Gasteiger partial charge in [0, 0.05) is 38.0 Å². The lowest BCUT2D eigenvalue weighted by atomic mass is 10.0. The van der Waals surface area contributed by atoms with Crippen LogP contribution in [0.15, 0.2) is 36.7 Å². The van der Waals surface area contributed by atoms with Crippen LogP contribution < -0.4 is 0 Å². The molecule has 2 aromatic rings. The zero-order chi connectivity index (χ0) is 14.7. The summed E-state index contributed by atoms with van der Waals surface area (Å²) in [7, 11) is 3.68. The highest BCUT2D eigenvalue weighted by atomic mass is 16.2. The van der Waals surface area contributed by atoms with Gasteiger partial charge in [-0.1, -0.05) is 26.0 Å². The Kier molecular flexibility index (Phi) is 4.23. The number of rotatable bonds is 4. The molecule has 0 aliphatic heterocycles. The fourth-order valence-corrected chi connectivity index (χ4v) is 2.13. The summed E-state index contributed by atoms with van der Waals surface area (Å²) in [5, 5.41) is 4.11. The average molecular weight is 271 g/mol. The summed E-state index contributed by atoms with van der Waals surface area (Å²) in [5.41, 5.74) is 3.00. The van der Waals surface area contributed by atoms with E-state index in [0.717, 1.165) is 11.1 Å². The minimum Gasteiger partial charge on any atom is -0.337 e. The first-order chi connectivity index (χ1) is 9.47. The van der Waals surface area contributed by atoms with Crippen molar-refractivity contribution in [3.8, 4) is 0 Å². The molecule has 0 radical (unpaired) electrons. The van der Waals surface area contributed by atoms with E-state index in [1.54, 1.807) is 15.8 Å². The van der Waals surface area contributed by atoms with Gasteiger partial charge in [-0.2, -0.15) is 5.10 Å². The Labute approximate surface area is 120 Å². The molecule has 4 nitrogen and oxygen atoms in total. The van der Waals surface area contributed by atoms with Crippen molar-refractivity contribution >= 4 is 5.91 Å². The van der Waals surface area contributed by atoms with Crippen LogP contribution in [0.2, 0.25) is 0 Å². The summed E-state index contributed by atoms with van der Waals surface area (Å²) in [6, 6.07) is 7.85. The number of hydrogen-bond donors (Lipinski definition) is 0. The van der Waals surface area contributed by atoms with E-state index >= 15 is 0 Å².